The van der Waals surface area contributed by atoms with Crippen LogP contribution in [0.4, 0.5) is 5.82 Å². The zero-order chi connectivity index (χ0) is 13.8. The zero-order valence-corrected chi connectivity index (χ0v) is 12.2. The molecule has 0 aromatic carbocycles. The fourth-order valence-electron chi connectivity index (χ4n) is 1.85. The summed E-state index contributed by atoms with van der Waals surface area (Å²) < 4.78 is 5.32. The molecule has 0 bridgehead atoms. The lowest BCUT2D eigenvalue weighted by molar-refractivity contribution is 0.494. The van der Waals surface area contributed by atoms with Gasteiger partial charge in [0.05, 0.1) is 6.26 Å². The number of hydrogen-bond donors (Lipinski definition) is 1. The Morgan fingerprint density at radius 2 is 2.16 bits per heavy atom. The van der Waals surface area contributed by atoms with Gasteiger partial charge < -0.3 is 9.73 Å². The minimum Gasteiger partial charge on any atom is -0.469 e. The summed E-state index contributed by atoms with van der Waals surface area (Å²) in [5, 5.41) is 3.88. The van der Waals surface area contributed by atoms with Crippen molar-refractivity contribution in [2.24, 2.45) is 0 Å². The number of aryl methyl sites for hydroxylation is 2. The van der Waals surface area contributed by atoms with Crippen LogP contribution in [0.5, 0.6) is 0 Å². The van der Waals surface area contributed by atoms with Gasteiger partial charge in [0.15, 0.2) is 0 Å². The molecule has 0 spiro atoms. The van der Waals surface area contributed by atoms with Crippen LogP contribution in [-0.4, -0.2) is 16.0 Å². The van der Waals surface area contributed by atoms with Gasteiger partial charge in [-0.3, -0.25) is 0 Å². The molecule has 0 aliphatic rings. The first kappa shape index (κ1) is 13.9. The molecule has 2 rings (SSSR count). The molecule has 0 saturated heterocycles. The Morgan fingerprint density at radius 3 is 2.84 bits per heavy atom. The molecule has 0 aliphatic carbocycles. The molecule has 5 heteroatoms. The Kier molecular flexibility index (Phi) is 4.43. The molecule has 0 fully saturated rings. The van der Waals surface area contributed by atoms with Crippen molar-refractivity contribution >= 4 is 17.4 Å². The maximum Gasteiger partial charge on any atom is 0.137 e. The highest BCUT2D eigenvalue weighted by molar-refractivity contribution is 6.30. The fourth-order valence-corrected chi connectivity index (χ4v) is 2.07. The van der Waals surface area contributed by atoms with E-state index in [-0.39, 0.29) is 6.04 Å². The summed E-state index contributed by atoms with van der Waals surface area (Å²) in [5.74, 6) is 2.49. The van der Waals surface area contributed by atoms with Crippen LogP contribution < -0.4 is 5.32 Å². The van der Waals surface area contributed by atoms with E-state index in [9.17, 15) is 0 Å². The number of anilines is 1. The molecule has 2 aromatic heterocycles. The van der Waals surface area contributed by atoms with Crippen LogP contribution in [0.1, 0.15) is 30.5 Å². The molecule has 1 N–H and O–H groups in total. The molecule has 0 radical (unpaired) electrons. The number of halogens is 1. The van der Waals surface area contributed by atoms with Gasteiger partial charge in [0.2, 0.25) is 0 Å². The van der Waals surface area contributed by atoms with E-state index >= 15 is 0 Å². The third-order valence-corrected chi connectivity index (χ3v) is 3.35. The van der Waals surface area contributed by atoms with Gasteiger partial charge in [0.25, 0.3) is 0 Å². The normalized spacial score (nSPS) is 12.4. The molecule has 0 amide bonds. The second-order valence-electron chi connectivity index (χ2n) is 4.70. The monoisotopic (exact) mass is 279 g/mol. The van der Waals surface area contributed by atoms with E-state index < -0.39 is 0 Å². The van der Waals surface area contributed by atoms with Crippen molar-refractivity contribution in [3.05, 3.63) is 40.7 Å². The summed E-state index contributed by atoms with van der Waals surface area (Å²) in [7, 11) is 0. The quantitative estimate of drug-likeness (QED) is 0.847. The van der Waals surface area contributed by atoms with E-state index in [1.807, 2.05) is 26.0 Å². The van der Waals surface area contributed by atoms with E-state index in [1.54, 1.807) is 6.26 Å². The summed E-state index contributed by atoms with van der Waals surface area (Å²) in [6, 6.07) is 4.18. The smallest absolute Gasteiger partial charge is 0.137 e. The number of hydrogen-bond acceptors (Lipinski definition) is 4. The van der Waals surface area contributed by atoms with Crippen molar-refractivity contribution in [3.63, 3.8) is 0 Å². The average Bonchev–Trinajstić information content (AvgIpc) is 2.86. The Bertz CT molecular complexity index is 540. The molecule has 0 aliphatic heterocycles. The molecule has 1 unspecified atom stereocenters. The van der Waals surface area contributed by atoms with Gasteiger partial charge in [-0.2, -0.15) is 0 Å². The predicted molar refractivity (Wildman–Crippen MR) is 76.6 cm³/mol. The number of furan rings is 1. The number of rotatable bonds is 5. The van der Waals surface area contributed by atoms with Crippen molar-refractivity contribution in [3.8, 4) is 0 Å². The zero-order valence-electron chi connectivity index (χ0n) is 11.4. The first-order valence-electron chi connectivity index (χ1n) is 6.36. The Labute approximate surface area is 118 Å². The lowest BCUT2D eigenvalue weighted by atomic mass is 10.1. The van der Waals surface area contributed by atoms with E-state index in [0.29, 0.717) is 11.0 Å². The largest absolute Gasteiger partial charge is 0.469 e. The fraction of sp³-hybridized carbons (Fsp3) is 0.429. The van der Waals surface area contributed by atoms with E-state index in [4.69, 9.17) is 16.0 Å². The van der Waals surface area contributed by atoms with E-state index in [0.717, 1.165) is 30.0 Å². The van der Waals surface area contributed by atoms with Crippen molar-refractivity contribution in [1.29, 1.82) is 0 Å². The van der Waals surface area contributed by atoms with Crippen molar-refractivity contribution in [2.45, 2.75) is 39.7 Å². The van der Waals surface area contributed by atoms with Crippen LogP contribution >= 0.6 is 11.6 Å². The SMILES string of the molecule is Cc1nc(Cl)c(C)c(NC(C)CCc2ccco2)n1. The molecule has 2 heterocycles. The standard InChI is InChI=1S/C14H18ClN3O/c1-9(6-7-12-5-4-8-19-12)16-14-10(2)13(15)17-11(3)18-14/h4-5,8-9H,6-7H2,1-3H3,(H,16,17,18). The molecule has 102 valence electrons. The Morgan fingerprint density at radius 1 is 1.37 bits per heavy atom. The average molecular weight is 280 g/mol. The molecule has 4 nitrogen and oxygen atoms in total. The molecule has 1 atom stereocenters. The summed E-state index contributed by atoms with van der Waals surface area (Å²) in [6.07, 6.45) is 3.57. The lowest BCUT2D eigenvalue weighted by Crippen LogP contribution is -2.18. The van der Waals surface area contributed by atoms with E-state index in [1.165, 1.54) is 0 Å². The third-order valence-electron chi connectivity index (χ3n) is 2.99. The highest BCUT2D eigenvalue weighted by Gasteiger charge is 2.10. The van der Waals surface area contributed by atoms with Crippen molar-refractivity contribution < 1.29 is 4.42 Å². The number of nitrogens with one attached hydrogen (secondary N) is 1. The van der Waals surface area contributed by atoms with Crippen molar-refractivity contribution in [2.75, 3.05) is 5.32 Å². The highest BCUT2D eigenvalue weighted by Crippen LogP contribution is 2.21. The molecular formula is C14H18ClN3O. The first-order valence-corrected chi connectivity index (χ1v) is 6.73. The maximum absolute atomic E-state index is 6.05. The second kappa shape index (κ2) is 6.06. The van der Waals surface area contributed by atoms with Gasteiger partial charge in [-0.05, 0) is 39.3 Å². The van der Waals surface area contributed by atoms with Gasteiger partial charge >= 0.3 is 0 Å². The topological polar surface area (TPSA) is 51.0 Å². The minimum absolute atomic E-state index is 0.286. The van der Waals surface area contributed by atoms with Crippen LogP contribution in [0.3, 0.4) is 0 Å². The Balaban J connectivity index is 1.97. The van der Waals surface area contributed by atoms with Crippen LogP contribution in [0, 0.1) is 13.8 Å². The second-order valence-corrected chi connectivity index (χ2v) is 5.06. The van der Waals surface area contributed by atoms with Gasteiger partial charge in [0, 0.05) is 18.0 Å². The molecular weight excluding hydrogens is 262 g/mol. The van der Waals surface area contributed by atoms with Gasteiger partial charge in [-0.25, -0.2) is 9.97 Å². The Hall–Kier alpha value is -1.55. The van der Waals surface area contributed by atoms with Gasteiger partial charge in [-0.1, -0.05) is 11.6 Å². The van der Waals surface area contributed by atoms with Gasteiger partial charge in [0.1, 0.15) is 22.6 Å². The highest BCUT2D eigenvalue weighted by atomic mass is 35.5. The molecule has 0 saturated carbocycles. The van der Waals surface area contributed by atoms with Crippen LogP contribution in [0.2, 0.25) is 5.15 Å². The van der Waals surface area contributed by atoms with Crippen LogP contribution in [0.15, 0.2) is 22.8 Å². The maximum atomic E-state index is 6.05. The summed E-state index contributed by atoms with van der Waals surface area (Å²) >= 11 is 6.05. The van der Waals surface area contributed by atoms with Gasteiger partial charge in [-0.15, -0.1) is 0 Å². The molecule has 2 aromatic rings. The van der Waals surface area contributed by atoms with Crippen LogP contribution in [-0.2, 0) is 6.42 Å². The minimum atomic E-state index is 0.286. The first-order chi connectivity index (χ1) is 9.06. The summed E-state index contributed by atoms with van der Waals surface area (Å²) in [5.41, 5.74) is 0.886. The van der Waals surface area contributed by atoms with E-state index in [2.05, 4.69) is 22.2 Å². The lowest BCUT2D eigenvalue weighted by Gasteiger charge is -2.16. The molecule has 19 heavy (non-hydrogen) atoms. The van der Waals surface area contributed by atoms with Crippen LogP contribution in [0.25, 0.3) is 0 Å². The summed E-state index contributed by atoms with van der Waals surface area (Å²) in [6.45, 7) is 5.88. The predicted octanol–water partition coefficient (Wildman–Crippen LogP) is 3.77. The third kappa shape index (κ3) is 3.70. The number of aromatic nitrogens is 2. The summed E-state index contributed by atoms with van der Waals surface area (Å²) in [4.78, 5) is 8.52. The van der Waals surface area contributed by atoms with Crippen molar-refractivity contribution in [1.82, 2.24) is 9.97 Å². The number of nitrogens with zero attached hydrogens (tertiary/aromatic N) is 2.